The molecule has 0 heterocycles. The molecule has 0 aliphatic rings. The summed E-state index contributed by atoms with van der Waals surface area (Å²) in [5, 5.41) is 12.2. The lowest BCUT2D eigenvalue weighted by Crippen LogP contribution is -2.02. The van der Waals surface area contributed by atoms with Crippen molar-refractivity contribution in [2.75, 3.05) is 35.7 Å². The highest BCUT2D eigenvalue weighted by Crippen LogP contribution is 2.22. The second-order valence-electron chi connectivity index (χ2n) is 5.06. The molecule has 116 valence electrons. The molecule has 0 fully saturated rings. The third kappa shape index (κ3) is 4.17. The molecule has 0 spiro atoms. The molecule has 8 N–H and O–H groups in total. The van der Waals surface area contributed by atoms with Gasteiger partial charge in [-0.2, -0.15) is 0 Å². The second kappa shape index (κ2) is 7.38. The zero-order valence-corrected chi connectivity index (χ0v) is 12.4. The van der Waals surface area contributed by atoms with Gasteiger partial charge < -0.3 is 27.6 Å². The van der Waals surface area contributed by atoms with E-state index < -0.39 is 0 Å². The van der Waals surface area contributed by atoms with Crippen molar-refractivity contribution in [3.63, 3.8) is 0 Å². The average molecular weight is 298 g/mol. The Morgan fingerprint density at radius 2 is 1.73 bits per heavy atom. The Morgan fingerprint density at radius 1 is 1.00 bits per heavy atom. The van der Waals surface area contributed by atoms with Crippen LogP contribution in [0.3, 0.4) is 0 Å². The molecule has 5 nitrogen and oxygen atoms in total. The summed E-state index contributed by atoms with van der Waals surface area (Å²) in [4.78, 5) is 0. The van der Waals surface area contributed by atoms with E-state index in [9.17, 15) is 0 Å². The highest BCUT2D eigenvalue weighted by molar-refractivity contribution is 5.71. The summed E-state index contributed by atoms with van der Waals surface area (Å²) in [6.45, 7) is 0.728. The first-order valence-electron chi connectivity index (χ1n) is 7.15. The van der Waals surface area contributed by atoms with Crippen molar-refractivity contribution in [2.45, 2.75) is 6.42 Å². The number of nitrogens with one attached hydrogen (secondary N) is 1. The van der Waals surface area contributed by atoms with Gasteiger partial charge in [-0.1, -0.05) is 12.2 Å². The van der Waals surface area contributed by atoms with Crippen LogP contribution in [0.15, 0.2) is 42.5 Å². The lowest BCUT2D eigenvalue weighted by Gasteiger charge is -2.09. The van der Waals surface area contributed by atoms with Crippen LogP contribution in [-0.4, -0.2) is 18.3 Å². The van der Waals surface area contributed by atoms with E-state index in [4.69, 9.17) is 22.3 Å². The van der Waals surface area contributed by atoms with Gasteiger partial charge in [-0.3, -0.25) is 0 Å². The van der Waals surface area contributed by atoms with Crippen molar-refractivity contribution >= 4 is 28.8 Å². The third-order valence-electron chi connectivity index (χ3n) is 3.36. The molecule has 5 heteroatoms. The maximum atomic E-state index is 8.98. The van der Waals surface area contributed by atoms with Crippen LogP contribution in [0.1, 0.15) is 11.1 Å². The van der Waals surface area contributed by atoms with Crippen LogP contribution in [0.2, 0.25) is 0 Å². The fraction of sp³-hybridized carbons (Fsp3) is 0.176. The molecule has 2 rings (SSSR count). The fourth-order valence-corrected chi connectivity index (χ4v) is 2.14. The van der Waals surface area contributed by atoms with Gasteiger partial charge in [0.15, 0.2) is 0 Å². The Kier molecular flexibility index (Phi) is 5.27. The highest BCUT2D eigenvalue weighted by atomic mass is 16.2. The molecule has 0 aliphatic carbocycles. The van der Waals surface area contributed by atoms with Gasteiger partial charge in [0.1, 0.15) is 0 Å². The first kappa shape index (κ1) is 15.7. The molecular formula is C17H22N4O. The van der Waals surface area contributed by atoms with Gasteiger partial charge in [0.05, 0.1) is 0 Å². The molecule has 2 aromatic rings. The summed E-state index contributed by atoms with van der Waals surface area (Å²) < 4.78 is 0. The van der Waals surface area contributed by atoms with Crippen molar-refractivity contribution in [2.24, 2.45) is 0 Å². The first-order chi connectivity index (χ1) is 10.6. The molecule has 0 aromatic heterocycles. The smallest absolute Gasteiger partial charge is 0.0472 e. The second-order valence-corrected chi connectivity index (χ2v) is 5.06. The van der Waals surface area contributed by atoms with E-state index in [0.29, 0.717) is 24.3 Å². The lowest BCUT2D eigenvalue weighted by atomic mass is 10.0. The Balaban J connectivity index is 1.98. The summed E-state index contributed by atoms with van der Waals surface area (Å²) in [7, 11) is 0. The van der Waals surface area contributed by atoms with Crippen LogP contribution in [0.4, 0.5) is 22.7 Å². The number of nitrogen functional groups attached to an aromatic ring is 3. The molecule has 0 bridgehead atoms. The van der Waals surface area contributed by atoms with E-state index in [2.05, 4.69) is 5.32 Å². The van der Waals surface area contributed by atoms with Gasteiger partial charge >= 0.3 is 0 Å². The molecule has 0 saturated carbocycles. The topological polar surface area (TPSA) is 110 Å². The maximum absolute atomic E-state index is 8.98. The SMILES string of the molecule is Nc1ccc(NC/C=C/c2cc(N)c(CCO)cc2N)cc1. The predicted molar refractivity (Wildman–Crippen MR) is 94.4 cm³/mol. The molecule has 0 amide bonds. The van der Waals surface area contributed by atoms with Gasteiger partial charge in [-0.15, -0.1) is 0 Å². The number of anilines is 4. The molecule has 0 aliphatic heterocycles. The predicted octanol–water partition coefficient (Wildman–Crippen LogP) is 2.09. The van der Waals surface area contributed by atoms with Crippen molar-refractivity contribution in [3.05, 3.63) is 53.6 Å². The minimum absolute atomic E-state index is 0.0599. The van der Waals surface area contributed by atoms with Crippen LogP contribution in [-0.2, 0) is 6.42 Å². The quantitative estimate of drug-likeness (QED) is 0.524. The van der Waals surface area contributed by atoms with Gasteiger partial charge in [-0.25, -0.2) is 0 Å². The summed E-state index contributed by atoms with van der Waals surface area (Å²) in [5.41, 5.74) is 22.4. The molecule has 0 atom stereocenters. The van der Waals surface area contributed by atoms with Crippen LogP contribution in [0.5, 0.6) is 0 Å². The minimum atomic E-state index is 0.0599. The van der Waals surface area contributed by atoms with E-state index in [1.165, 1.54) is 0 Å². The van der Waals surface area contributed by atoms with Crippen LogP contribution < -0.4 is 22.5 Å². The number of hydrogen-bond acceptors (Lipinski definition) is 5. The molecule has 0 unspecified atom stereocenters. The van der Waals surface area contributed by atoms with Gasteiger partial charge in [0.25, 0.3) is 0 Å². The Bertz CT molecular complexity index is 650. The zero-order chi connectivity index (χ0) is 15.9. The molecule has 2 aromatic carbocycles. The monoisotopic (exact) mass is 298 g/mol. The van der Waals surface area contributed by atoms with E-state index in [1.807, 2.05) is 48.6 Å². The van der Waals surface area contributed by atoms with E-state index >= 15 is 0 Å². The zero-order valence-electron chi connectivity index (χ0n) is 12.4. The van der Waals surface area contributed by atoms with Gasteiger partial charge in [-0.05, 0) is 53.9 Å². The summed E-state index contributed by atoms with van der Waals surface area (Å²) in [6, 6.07) is 11.2. The Morgan fingerprint density at radius 3 is 2.41 bits per heavy atom. The summed E-state index contributed by atoms with van der Waals surface area (Å²) in [6.07, 6.45) is 4.42. The largest absolute Gasteiger partial charge is 0.399 e. The van der Waals surface area contributed by atoms with E-state index in [1.54, 1.807) is 0 Å². The summed E-state index contributed by atoms with van der Waals surface area (Å²) >= 11 is 0. The molecular weight excluding hydrogens is 276 g/mol. The maximum Gasteiger partial charge on any atom is 0.0472 e. The van der Waals surface area contributed by atoms with Crippen molar-refractivity contribution in [1.29, 1.82) is 0 Å². The normalized spacial score (nSPS) is 11.0. The molecule has 0 radical (unpaired) electrons. The number of hydrogen-bond donors (Lipinski definition) is 5. The Hall–Kier alpha value is -2.66. The van der Waals surface area contributed by atoms with Crippen molar-refractivity contribution in [3.8, 4) is 0 Å². The third-order valence-corrected chi connectivity index (χ3v) is 3.36. The Labute approximate surface area is 130 Å². The number of aliphatic hydroxyl groups excluding tert-OH is 1. The van der Waals surface area contributed by atoms with Crippen LogP contribution in [0.25, 0.3) is 6.08 Å². The summed E-state index contributed by atoms with van der Waals surface area (Å²) in [5.74, 6) is 0. The van der Waals surface area contributed by atoms with Gasteiger partial charge in [0, 0.05) is 35.9 Å². The highest BCUT2D eigenvalue weighted by Gasteiger charge is 2.03. The van der Waals surface area contributed by atoms with Crippen LogP contribution in [0, 0.1) is 0 Å². The van der Waals surface area contributed by atoms with Crippen molar-refractivity contribution < 1.29 is 5.11 Å². The van der Waals surface area contributed by atoms with E-state index in [0.717, 1.165) is 22.5 Å². The fourth-order valence-electron chi connectivity index (χ4n) is 2.14. The number of aliphatic hydroxyl groups is 1. The lowest BCUT2D eigenvalue weighted by molar-refractivity contribution is 0.300. The van der Waals surface area contributed by atoms with Crippen molar-refractivity contribution in [1.82, 2.24) is 0 Å². The van der Waals surface area contributed by atoms with Crippen LogP contribution >= 0.6 is 0 Å². The van der Waals surface area contributed by atoms with E-state index in [-0.39, 0.29) is 6.61 Å². The molecule has 22 heavy (non-hydrogen) atoms. The first-order valence-corrected chi connectivity index (χ1v) is 7.15. The number of rotatable bonds is 6. The minimum Gasteiger partial charge on any atom is -0.399 e. The van der Waals surface area contributed by atoms with Gasteiger partial charge in [0.2, 0.25) is 0 Å². The standard InChI is InChI=1S/C17H22N4O/c18-14-3-5-15(6-4-14)21-8-1-2-12-10-17(20)13(7-9-22)11-16(12)19/h1-6,10-11,21-22H,7-9,18-20H2/b2-1+. The number of benzene rings is 2. The average Bonchev–Trinajstić information content (AvgIpc) is 2.50. The molecule has 0 saturated heterocycles. The number of nitrogens with two attached hydrogens (primary N) is 3.